The Hall–Kier alpha value is -1.51. The standard InChI is InChI=1S/C17H21N3O3S2/c21-16(8-11-19-9-4-12-25(19,22)23)20-10-3-6-14(20)17-18-13-5-1-2-7-15(13)24-17/h1-2,5,7,14H,3-4,6,8-12H2/t14-/m1/s1. The summed E-state index contributed by atoms with van der Waals surface area (Å²) in [6, 6.07) is 8.04. The first kappa shape index (κ1) is 16.9. The van der Waals surface area contributed by atoms with E-state index in [1.54, 1.807) is 11.3 Å². The van der Waals surface area contributed by atoms with Crippen molar-refractivity contribution in [3.05, 3.63) is 29.3 Å². The van der Waals surface area contributed by atoms with E-state index in [9.17, 15) is 13.2 Å². The molecule has 2 aliphatic rings. The van der Waals surface area contributed by atoms with E-state index < -0.39 is 10.0 Å². The molecule has 2 saturated heterocycles. The number of hydrogen-bond donors (Lipinski definition) is 0. The number of aromatic nitrogens is 1. The molecular weight excluding hydrogens is 358 g/mol. The van der Waals surface area contributed by atoms with Crippen molar-refractivity contribution in [2.45, 2.75) is 31.7 Å². The van der Waals surface area contributed by atoms with Gasteiger partial charge in [-0.25, -0.2) is 17.7 Å². The molecule has 3 heterocycles. The lowest BCUT2D eigenvalue weighted by atomic mass is 10.2. The molecule has 0 N–H and O–H groups in total. The Morgan fingerprint density at radius 1 is 1.24 bits per heavy atom. The number of benzene rings is 1. The molecule has 4 rings (SSSR count). The summed E-state index contributed by atoms with van der Waals surface area (Å²) < 4.78 is 26.3. The predicted molar refractivity (Wildman–Crippen MR) is 97.9 cm³/mol. The van der Waals surface area contributed by atoms with Gasteiger partial charge >= 0.3 is 0 Å². The number of likely N-dealkylation sites (tertiary alicyclic amines) is 1. The summed E-state index contributed by atoms with van der Waals surface area (Å²) in [5.41, 5.74) is 0.977. The quantitative estimate of drug-likeness (QED) is 0.818. The topological polar surface area (TPSA) is 70.6 Å². The molecule has 6 nitrogen and oxygen atoms in total. The van der Waals surface area contributed by atoms with Crippen LogP contribution >= 0.6 is 11.3 Å². The molecule has 134 valence electrons. The molecule has 25 heavy (non-hydrogen) atoms. The lowest BCUT2D eigenvalue weighted by Gasteiger charge is -2.24. The number of amides is 1. The van der Waals surface area contributed by atoms with Gasteiger partial charge in [0.25, 0.3) is 0 Å². The van der Waals surface area contributed by atoms with Crippen LogP contribution in [0.2, 0.25) is 0 Å². The van der Waals surface area contributed by atoms with Crippen LogP contribution in [0.5, 0.6) is 0 Å². The van der Waals surface area contributed by atoms with Crippen molar-refractivity contribution < 1.29 is 13.2 Å². The fraction of sp³-hybridized carbons (Fsp3) is 0.529. The van der Waals surface area contributed by atoms with E-state index in [1.165, 1.54) is 4.31 Å². The van der Waals surface area contributed by atoms with Crippen LogP contribution in [0.1, 0.15) is 36.7 Å². The second-order valence-electron chi connectivity index (χ2n) is 6.58. The van der Waals surface area contributed by atoms with Gasteiger partial charge in [-0.3, -0.25) is 4.79 Å². The van der Waals surface area contributed by atoms with E-state index >= 15 is 0 Å². The van der Waals surface area contributed by atoms with Gasteiger partial charge in [0.15, 0.2) is 0 Å². The van der Waals surface area contributed by atoms with Crippen LogP contribution in [0.15, 0.2) is 24.3 Å². The van der Waals surface area contributed by atoms with Crippen LogP contribution in [-0.2, 0) is 14.8 Å². The minimum Gasteiger partial charge on any atom is -0.333 e. The normalized spacial score (nSPS) is 23.5. The van der Waals surface area contributed by atoms with Gasteiger partial charge in [-0.15, -0.1) is 11.3 Å². The average molecular weight is 380 g/mol. The fourth-order valence-electron chi connectivity index (χ4n) is 3.66. The van der Waals surface area contributed by atoms with Crippen LogP contribution in [0.25, 0.3) is 10.2 Å². The van der Waals surface area contributed by atoms with Gasteiger partial charge < -0.3 is 4.90 Å². The number of para-hydroxylation sites is 1. The van der Waals surface area contributed by atoms with Gasteiger partial charge in [-0.1, -0.05) is 12.1 Å². The smallest absolute Gasteiger partial charge is 0.224 e. The summed E-state index contributed by atoms with van der Waals surface area (Å²) >= 11 is 1.65. The number of carbonyl (C=O) groups excluding carboxylic acids is 1. The van der Waals surface area contributed by atoms with E-state index in [2.05, 4.69) is 6.07 Å². The Morgan fingerprint density at radius 3 is 2.84 bits per heavy atom. The number of hydrogen-bond acceptors (Lipinski definition) is 5. The monoisotopic (exact) mass is 379 g/mol. The molecule has 0 unspecified atom stereocenters. The maximum absolute atomic E-state index is 12.7. The Labute approximate surface area is 151 Å². The molecule has 0 bridgehead atoms. The van der Waals surface area contributed by atoms with Crippen LogP contribution in [0, 0.1) is 0 Å². The first-order valence-corrected chi connectivity index (χ1v) is 11.1. The third-order valence-electron chi connectivity index (χ3n) is 4.95. The Morgan fingerprint density at radius 2 is 2.08 bits per heavy atom. The maximum atomic E-state index is 12.7. The zero-order valence-corrected chi connectivity index (χ0v) is 15.6. The van der Waals surface area contributed by atoms with Gasteiger partial charge in [0.1, 0.15) is 5.01 Å². The van der Waals surface area contributed by atoms with E-state index in [-0.39, 0.29) is 24.1 Å². The summed E-state index contributed by atoms with van der Waals surface area (Å²) in [7, 11) is -3.14. The van der Waals surface area contributed by atoms with Crippen molar-refractivity contribution in [2.75, 3.05) is 25.4 Å². The highest BCUT2D eigenvalue weighted by molar-refractivity contribution is 7.89. The van der Waals surface area contributed by atoms with Crippen molar-refractivity contribution in [1.29, 1.82) is 0 Å². The highest BCUT2D eigenvalue weighted by Crippen LogP contribution is 2.36. The van der Waals surface area contributed by atoms with Gasteiger partial charge in [-0.05, 0) is 31.4 Å². The Kier molecular flexibility index (Phi) is 4.51. The van der Waals surface area contributed by atoms with Gasteiger partial charge in [0.2, 0.25) is 15.9 Å². The molecule has 1 aromatic heterocycles. The fourth-order valence-corrected chi connectivity index (χ4v) is 6.30. The Bertz CT molecular complexity index is 860. The second-order valence-corrected chi connectivity index (χ2v) is 9.73. The lowest BCUT2D eigenvalue weighted by Crippen LogP contribution is -2.35. The molecule has 8 heteroatoms. The maximum Gasteiger partial charge on any atom is 0.224 e. The van der Waals surface area contributed by atoms with E-state index in [4.69, 9.17) is 4.98 Å². The SMILES string of the molecule is O=C(CCN1CCCS1(=O)=O)N1CCC[C@@H]1c1nc2ccccc2s1. The van der Waals surface area contributed by atoms with E-state index in [0.29, 0.717) is 19.5 Å². The summed E-state index contributed by atoms with van der Waals surface area (Å²) in [5, 5.41) is 0.987. The highest BCUT2D eigenvalue weighted by Gasteiger charge is 2.34. The summed E-state index contributed by atoms with van der Waals surface area (Å²) in [4.78, 5) is 19.3. The molecule has 1 aromatic carbocycles. The zero-order chi connectivity index (χ0) is 17.4. The number of fused-ring (bicyclic) bond motifs is 1. The first-order chi connectivity index (χ1) is 12.0. The third-order valence-corrected chi connectivity index (χ3v) is 8.04. The second kappa shape index (κ2) is 6.66. The van der Waals surface area contributed by atoms with Crippen molar-refractivity contribution in [2.24, 2.45) is 0 Å². The summed E-state index contributed by atoms with van der Waals surface area (Å²) in [6.45, 7) is 1.56. The zero-order valence-electron chi connectivity index (χ0n) is 13.9. The molecule has 1 amide bonds. The minimum atomic E-state index is -3.14. The van der Waals surface area contributed by atoms with Gasteiger partial charge in [-0.2, -0.15) is 0 Å². The molecule has 0 aliphatic carbocycles. The van der Waals surface area contributed by atoms with E-state index in [1.807, 2.05) is 23.1 Å². The van der Waals surface area contributed by atoms with Crippen LogP contribution in [-0.4, -0.2) is 53.9 Å². The van der Waals surface area contributed by atoms with Crippen molar-refractivity contribution in [3.63, 3.8) is 0 Å². The van der Waals surface area contributed by atoms with Crippen LogP contribution in [0.3, 0.4) is 0 Å². The Balaban J connectivity index is 1.46. The van der Waals surface area contributed by atoms with E-state index in [0.717, 1.165) is 34.6 Å². The predicted octanol–water partition coefficient (Wildman–Crippen LogP) is 2.39. The van der Waals surface area contributed by atoms with Crippen molar-refractivity contribution in [3.8, 4) is 0 Å². The third kappa shape index (κ3) is 3.30. The summed E-state index contributed by atoms with van der Waals surface area (Å²) in [5.74, 6) is 0.239. The molecule has 0 spiro atoms. The number of carbonyl (C=O) groups is 1. The first-order valence-electron chi connectivity index (χ1n) is 8.67. The molecular formula is C17H21N3O3S2. The van der Waals surface area contributed by atoms with Gasteiger partial charge in [0, 0.05) is 26.1 Å². The molecule has 2 aromatic rings. The van der Waals surface area contributed by atoms with Crippen molar-refractivity contribution in [1.82, 2.24) is 14.2 Å². The highest BCUT2D eigenvalue weighted by atomic mass is 32.2. The van der Waals surface area contributed by atoms with Crippen LogP contribution in [0.4, 0.5) is 0 Å². The minimum absolute atomic E-state index is 0.0279. The van der Waals surface area contributed by atoms with Gasteiger partial charge in [0.05, 0.1) is 22.0 Å². The number of nitrogens with zero attached hydrogens (tertiary/aromatic N) is 3. The van der Waals surface area contributed by atoms with Crippen LogP contribution < -0.4 is 0 Å². The molecule has 2 aliphatic heterocycles. The molecule has 2 fully saturated rings. The van der Waals surface area contributed by atoms with Crippen molar-refractivity contribution >= 4 is 37.5 Å². The molecule has 1 atom stereocenters. The number of thiazole rings is 1. The number of rotatable bonds is 4. The number of sulfonamides is 1. The average Bonchev–Trinajstić information content (AvgIpc) is 3.29. The molecule has 0 radical (unpaired) electrons. The largest absolute Gasteiger partial charge is 0.333 e. The summed E-state index contributed by atoms with van der Waals surface area (Å²) in [6.07, 6.45) is 2.80. The molecule has 0 saturated carbocycles. The lowest BCUT2D eigenvalue weighted by molar-refractivity contribution is -0.132.